The third-order valence-electron chi connectivity index (χ3n) is 5.67. The van der Waals surface area contributed by atoms with Crippen LogP contribution >= 0.6 is 0 Å². The number of piperidine rings is 1. The van der Waals surface area contributed by atoms with Crippen LogP contribution in [0.2, 0.25) is 0 Å². The third-order valence-corrected chi connectivity index (χ3v) is 5.67. The van der Waals surface area contributed by atoms with E-state index < -0.39 is 12.1 Å². The van der Waals surface area contributed by atoms with Crippen molar-refractivity contribution in [3.63, 3.8) is 0 Å². The van der Waals surface area contributed by atoms with E-state index in [1.54, 1.807) is 4.90 Å². The Balaban J connectivity index is 1.41. The maximum absolute atomic E-state index is 13.0. The molecule has 0 spiro atoms. The lowest BCUT2D eigenvalue weighted by Crippen LogP contribution is -2.40. The van der Waals surface area contributed by atoms with Gasteiger partial charge < -0.3 is 14.4 Å². The van der Waals surface area contributed by atoms with Crippen molar-refractivity contribution < 1.29 is 19.1 Å². The minimum absolute atomic E-state index is 0.151. The summed E-state index contributed by atoms with van der Waals surface area (Å²) in [6.07, 6.45) is 5.51. The molecule has 152 valence electrons. The SMILES string of the molecule is O=C(COc1ccc2c(c1)CCC2)O[C@@H](C(=O)N1CCCCC1)c1ccccc1. The zero-order valence-electron chi connectivity index (χ0n) is 16.6. The smallest absolute Gasteiger partial charge is 0.345 e. The van der Waals surface area contributed by atoms with Gasteiger partial charge in [-0.05, 0) is 61.8 Å². The molecule has 29 heavy (non-hydrogen) atoms. The van der Waals surface area contributed by atoms with Gasteiger partial charge in [0.25, 0.3) is 5.91 Å². The molecule has 1 heterocycles. The maximum Gasteiger partial charge on any atom is 0.345 e. The fourth-order valence-electron chi connectivity index (χ4n) is 4.11. The Bertz CT molecular complexity index is 858. The number of amides is 1. The number of carbonyl (C=O) groups excluding carboxylic acids is 2. The van der Waals surface area contributed by atoms with Gasteiger partial charge in [-0.25, -0.2) is 4.79 Å². The van der Waals surface area contributed by atoms with Gasteiger partial charge in [0.05, 0.1) is 0 Å². The molecule has 0 N–H and O–H groups in total. The highest BCUT2D eigenvalue weighted by Crippen LogP contribution is 2.26. The van der Waals surface area contributed by atoms with Crippen LogP contribution in [-0.2, 0) is 27.2 Å². The van der Waals surface area contributed by atoms with Crippen molar-refractivity contribution in [3.8, 4) is 5.75 Å². The first-order chi connectivity index (χ1) is 14.2. The van der Waals surface area contributed by atoms with Gasteiger partial charge in [0, 0.05) is 18.7 Å². The summed E-state index contributed by atoms with van der Waals surface area (Å²) in [6.45, 7) is 1.21. The summed E-state index contributed by atoms with van der Waals surface area (Å²) in [4.78, 5) is 27.3. The molecule has 0 aromatic heterocycles. The molecule has 2 aromatic carbocycles. The van der Waals surface area contributed by atoms with E-state index in [1.807, 2.05) is 42.5 Å². The van der Waals surface area contributed by atoms with Gasteiger partial charge in [-0.15, -0.1) is 0 Å². The molecule has 0 radical (unpaired) electrons. The Morgan fingerprint density at radius 1 is 0.897 bits per heavy atom. The van der Waals surface area contributed by atoms with Crippen molar-refractivity contribution in [2.45, 2.75) is 44.6 Å². The topological polar surface area (TPSA) is 55.8 Å². The van der Waals surface area contributed by atoms with E-state index in [0.717, 1.165) is 38.5 Å². The van der Waals surface area contributed by atoms with Crippen molar-refractivity contribution in [2.75, 3.05) is 19.7 Å². The standard InChI is InChI=1S/C24H27NO4/c26-22(17-28-21-13-12-18-10-7-11-20(18)16-21)29-23(19-8-3-1-4-9-19)24(27)25-14-5-2-6-15-25/h1,3-4,8-9,12-13,16,23H,2,5-7,10-11,14-15,17H2/t23-/m1/s1. The highest BCUT2D eigenvalue weighted by atomic mass is 16.6. The second-order valence-corrected chi connectivity index (χ2v) is 7.74. The molecule has 2 aliphatic rings. The summed E-state index contributed by atoms with van der Waals surface area (Å²) in [5.41, 5.74) is 3.34. The Morgan fingerprint density at radius 3 is 2.45 bits per heavy atom. The first kappa shape index (κ1) is 19.5. The number of rotatable bonds is 6. The average Bonchev–Trinajstić information content (AvgIpc) is 3.25. The van der Waals surface area contributed by atoms with E-state index in [2.05, 4.69) is 6.07 Å². The zero-order chi connectivity index (χ0) is 20.1. The van der Waals surface area contributed by atoms with Crippen molar-refractivity contribution in [3.05, 3.63) is 65.2 Å². The number of likely N-dealkylation sites (tertiary alicyclic amines) is 1. The van der Waals surface area contributed by atoms with Crippen LogP contribution in [0.4, 0.5) is 0 Å². The van der Waals surface area contributed by atoms with E-state index in [9.17, 15) is 9.59 Å². The van der Waals surface area contributed by atoms with Crippen molar-refractivity contribution in [1.82, 2.24) is 4.90 Å². The number of hydrogen-bond donors (Lipinski definition) is 0. The normalized spacial score (nSPS) is 16.8. The number of nitrogens with zero attached hydrogens (tertiary/aromatic N) is 1. The van der Waals surface area contributed by atoms with Crippen LogP contribution in [0.3, 0.4) is 0 Å². The van der Waals surface area contributed by atoms with Crippen molar-refractivity contribution in [2.24, 2.45) is 0 Å². The van der Waals surface area contributed by atoms with Gasteiger partial charge >= 0.3 is 5.97 Å². The number of fused-ring (bicyclic) bond motifs is 1. The Labute approximate surface area is 171 Å². The van der Waals surface area contributed by atoms with Crippen molar-refractivity contribution >= 4 is 11.9 Å². The molecule has 1 aliphatic carbocycles. The van der Waals surface area contributed by atoms with E-state index >= 15 is 0 Å². The Hall–Kier alpha value is -2.82. The summed E-state index contributed by atoms with van der Waals surface area (Å²) >= 11 is 0. The first-order valence-electron chi connectivity index (χ1n) is 10.5. The van der Waals surface area contributed by atoms with Crippen LogP contribution < -0.4 is 4.74 Å². The first-order valence-corrected chi connectivity index (χ1v) is 10.5. The molecule has 5 nitrogen and oxygen atoms in total. The number of carbonyl (C=O) groups is 2. The van der Waals surface area contributed by atoms with Gasteiger partial charge in [0.15, 0.2) is 6.61 Å². The monoisotopic (exact) mass is 393 g/mol. The second kappa shape index (κ2) is 9.12. The molecule has 0 unspecified atom stereocenters. The summed E-state index contributed by atoms with van der Waals surface area (Å²) in [6, 6.07) is 15.2. The number of hydrogen-bond acceptors (Lipinski definition) is 4. The predicted molar refractivity (Wildman–Crippen MR) is 110 cm³/mol. The molecule has 1 fully saturated rings. The molecule has 0 bridgehead atoms. The van der Waals surface area contributed by atoms with Crippen LogP contribution in [0.15, 0.2) is 48.5 Å². The van der Waals surface area contributed by atoms with Crippen molar-refractivity contribution in [1.29, 1.82) is 0 Å². The number of aryl methyl sites for hydroxylation is 2. The molecule has 1 amide bonds. The molecule has 0 saturated carbocycles. The average molecular weight is 393 g/mol. The molecule has 1 atom stereocenters. The lowest BCUT2D eigenvalue weighted by atomic mass is 10.1. The number of ether oxygens (including phenoxy) is 2. The molecular formula is C24H27NO4. The predicted octanol–water partition coefficient (Wildman–Crippen LogP) is 3.85. The minimum atomic E-state index is -0.926. The molecule has 5 heteroatoms. The third kappa shape index (κ3) is 4.78. The van der Waals surface area contributed by atoms with Gasteiger partial charge in [-0.1, -0.05) is 36.4 Å². The second-order valence-electron chi connectivity index (χ2n) is 7.74. The number of esters is 1. The lowest BCUT2D eigenvalue weighted by Gasteiger charge is -2.30. The largest absolute Gasteiger partial charge is 0.482 e. The van der Waals surface area contributed by atoms with Gasteiger partial charge in [-0.2, -0.15) is 0 Å². The van der Waals surface area contributed by atoms with E-state index in [4.69, 9.17) is 9.47 Å². The molecule has 4 rings (SSSR count). The minimum Gasteiger partial charge on any atom is -0.482 e. The summed E-state index contributed by atoms with van der Waals surface area (Å²) in [7, 11) is 0. The van der Waals surface area contributed by atoms with Crippen LogP contribution in [0.1, 0.15) is 48.5 Å². The highest BCUT2D eigenvalue weighted by Gasteiger charge is 2.30. The van der Waals surface area contributed by atoms with E-state index in [1.165, 1.54) is 11.1 Å². The van der Waals surface area contributed by atoms with Gasteiger partial charge in [-0.3, -0.25) is 4.79 Å². The van der Waals surface area contributed by atoms with E-state index in [0.29, 0.717) is 24.4 Å². The summed E-state index contributed by atoms with van der Waals surface area (Å²) in [5.74, 6) is -0.0206. The fraction of sp³-hybridized carbons (Fsp3) is 0.417. The van der Waals surface area contributed by atoms with E-state index in [-0.39, 0.29) is 12.5 Å². The fourth-order valence-corrected chi connectivity index (χ4v) is 4.11. The van der Waals surface area contributed by atoms with Crippen LogP contribution in [0, 0.1) is 0 Å². The lowest BCUT2D eigenvalue weighted by molar-refractivity contribution is -0.163. The Kier molecular flexibility index (Phi) is 6.13. The van der Waals surface area contributed by atoms with Gasteiger partial charge in [0.2, 0.25) is 6.10 Å². The van der Waals surface area contributed by atoms with Crippen LogP contribution in [-0.4, -0.2) is 36.5 Å². The quantitative estimate of drug-likeness (QED) is 0.700. The van der Waals surface area contributed by atoms with Crippen LogP contribution in [0.25, 0.3) is 0 Å². The van der Waals surface area contributed by atoms with Crippen LogP contribution in [0.5, 0.6) is 5.75 Å². The Morgan fingerprint density at radius 2 is 1.66 bits per heavy atom. The highest BCUT2D eigenvalue weighted by molar-refractivity contribution is 5.85. The molecular weight excluding hydrogens is 366 g/mol. The molecule has 2 aromatic rings. The molecule has 1 aliphatic heterocycles. The molecule has 1 saturated heterocycles. The summed E-state index contributed by atoms with van der Waals surface area (Å²) < 4.78 is 11.3. The van der Waals surface area contributed by atoms with Gasteiger partial charge in [0.1, 0.15) is 5.75 Å². The summed E-state index contributed by atoms with van der Waals surface area (Å²) in [5, 5.41) is 0. The maximum atomic E-state index is 13.0. The number of benzene rings is 2. The zero-order valence-corrected chi connectivity index (χ0v) is 16.6.